The smallest absolute Gasteiger partial charge is 0.319 e. The quantitative estimate of drug-likeness (QED) is 0.598. The van der Waals surface area contributed by atoms with Crippen molar-refractivity contribution in [1.29, 1.82) is 0 Å². The van der Waals surface area contributed by atoms with Gasteiger partial charge in [-0.05, 0) is 23.3 Å². The molecule has 2 aromatic rings. The van der Waals surface area contributed by atoms with Crippen molar-refractivity contribution in [2.24, 2.45) is 0 Å². The Balaban J connectivity index is 1.87. The van der Waals surface area contributed by atoms with Crippen LogP contribution in [0.25, 0.3) is 0 Å². The SMILES string of the molecule is O=C1N(Cc2ccccc2)C(c2ccc(C(F)(F)F)cc2)C1(F)F. The van der Waals surface area contributed by atoms with Crippen LogP contribution in [0.15, 0.2) is 54.6 Å². The Hall–Kier alpha value is -2.44. The van der Waals surface area contributed by atoms with Crippen molar-refractivity contribution in [3.63, 3.8) is 0 Å². The normalized spacial score (nSPS) is 20.0. The fourth-order valence-corrected chi connectivity index (χ4v) is 2.74. The Morgan fingerprint density at radius 1 is 0.958 bits per heavy atom. The second-order valence-corrected chi connectivity index (χ2v) is 5.56. The molecule has 126 valence electrons. The average Bonchev–Trinajstić information content (AvgIpc) is 2.54. The minimum Gasteiger partial charge on any atom is -0.319 e. The van der Waals surface area contributed by atoms with Crippen molar-refractivity contribution >= 4 is 5.91 Å². The van der Waals surface area contributed by atoms with Crippen LogP contribution >= 0.6 is 0 Å². The van der Waals surface area contributed by atoms with Gasteiger partial charge in [-0.2, -0.15) is 22.0 Å². The molecule has 1 aliphatic rings. The summed E-state index contributed by atoms with van der Waals surface area (Å²) in [5, 5.41) is 0. The first kappa shape index (κ1) is 16.4. The molecule has 0 spiro atoms. The Morgan fingerprint density at radius 2 is 1.54 bits per heavy atom. The summed E-state index contributed by atoms with van der Waals surface area (Å²) in [7, 11) is 0. The lowest BCUT2D eigenvalue weighted by Gasteiger charge is -2.46. The second kappa shape index (κ2) is 5.58. The summed E-state index contributed by atoms with van der Waals surface area (Å²) in [5.41, 5.74) is -0.281. The topological polar surface area (TPSA) is 20.3 Å². The predicted molar refractivity (Wildman–Crippen MR) is 76.1 cm³/mol. The number of hydrogen-bond donors (Lipinski definition) is 0. The minimum absolute atomic E-state index is 0.0245. The summed E-state index contributed by atoms with van der Waals surface area (Å²) >= 11 is 0. The van der Waals surface area contributed by atoms with E-state index in [1.54, 1.807) is 30.3 Å². The van der Waals surface area contributed by atoms with Crippen LogP contribution in [0.4, 0.5) is 22.0 Å². The molecule has 0 saturated carbocycles. The number of β-lactam (4-membered cyclic amide) rings is 1. The number of alkyl halides is 5. The van der Waals surface area contributed by atoms with Gasteiger partial charge in [0, 0.05) is 6.54 Å². The number of nitrogens with zero attached hydrogens (tertiary/aromatic N) is 1. The number of carbonyl (C=O) groups is 1. The number of hydrogen-bond acceptors (Lipinski definition) is 1. The maximum absolute atomic E-state index is 14.0. The Bertz CT molecular complexity index is 740. The summed E-state index contributed by atoms with van der Waals surface area (Å²) < 4.78 is 65.7. The number of rotatable bonds is 3. The van der Waals surface area contributed by atoms with Crippen LogP contribution in [0.5, 0.6) is 0 Å². The largest absolute Gasteiger partial charge is 0.416 e. The van der Waals surface area contributed by atoms with Crippen LogP contribution in [0, 0.1) is 0 Å². The Kier molecular flexibility index (Phi) is 3.81. The molecule has 0 aliphatic carbocycles. The van der Waals surface area contributed by atoms with Crippen LogP contribution in [0.1, 0.15) is 22.7 Å². The molecule has 0 N–H and O–H groups in total. The summed E-state index contributed by atoms with van der Waals surface area (Å²) in [6.07, 6.45) is -4.54. The fraction of sp³-hybridized carbons (Fsp3) is 0.235. The third-order valence-electron chi connectivity index (χ3n) is 3.95. The van der Waals surface area contributed by atoms with E-state index in [2.05, 4.69) is 0 Å². The lowest BCUT2D eigenvalue weighted by atomic mass is 9.88. The zero-order valence-corrected chi connectivity index (χ0v) is 12.2. The lowest BCUT2D eigenvalue weighted by Crippen LogP contribution is -2.63. The van der Waals surface area contributed by atoms with Crippen molar-refractivity contribution in [2.45, 2.75) is 24.7 Å². The number of benzene rings is 2. The van der Waals surface area contributed by atoms with Crippen LogP contribution in [-0.2, 0) is 17.5 Å². The van der Waals surface area contributed by atoms with Crippen molar-refractivity contribution in [3.8, 4) is 0 Å². The monoisotopic (exact) mass is 341 g/mol. The highest BCUT2D eigenvalue weighted by molar-refractivity contribution is 5.91. The van der Waals surface area contributed by atoms with Crippen molar-refractivity contribution in [3.05, 3.63) is 71.3 Å². The molecule has 1 amide bonds. The summed E-state index contributed by atoms with van der Waals surface area (Å²) in [6, 6.07) is 10.5. The molecule has 0 radical (unpaired) electrons. The average molecular weight is 341 g/mol. The first-order valence-corrected chi connectivity index (χ1v) is 7.11. The molecule has 0 aromatic heterocycles. The molecule has 1 aliphatic heterocycles. The Morgan fingerprint density at radius 3 is 2.08 bits per heavy atom. The van der Waals surface area contributed by atoms with Crippen LogP contribution in [0.2, 0.25) is 0 Å². The first-order chi connectivity index (χ1) is 11.2. The molecule has 2 aromatic carbocycles. The highest BCUT2D eigenvalue weighted by Crippen LogP contribution is 2.48. The maximum Gasteiger partial charge on any atom is 0.416 e. The summed E-state index contributed by atoms with van der Waals surface area (Å²) in [4.78, 5) is 12.7. The lowest BCUT2D eigenvalue weighted by molar-refractivity contribution is -0.207. The zero-order chi connectivity index (χ0) is 17.5. The van der Waals surface area contributed by atoms with Crippen molar-refractivity contribution in [1.82, 2.24) is 4.90 Å². The third-order valence-corrected chi connectivity index (χ3v) is 3.95. The van der Waals surface area contributed by atoms with Gasteiger partial charge >= 0.3 is 12.1 Å². The first-order valence-electron chi connectivity index (χ1n) is 7.11. The van der Waals surface area contributed by atoms with E-state index in [9.17, 15) is 26.7 Å². The highest BCUT2D eigenvalue weighted by atomic mass is 19.4. The van der Waals surface area contributed by atoms with E-state index in [4.69, 9.17) is 0 Å². The van der Waals surface area contributed by atoms with Gasteiger partial charge in [-0.15, -0.1) is 0 Å². The second-order valence-electron chi connectivity index (χ2n) is 5.56. The molecule has 3 rings (SSSR count). The van der Waals surface area contributed by atoms with Gasteiger partial charge in [0.1, 0.15) is 6.04 Å². The minimum atomic E-state index is -4.54. The van der Waals surface area contributed by atoms with E-state index < -0.39 is 29.6 Å². The molecule has 24 heavy (non-hydrogen) atoms. The number of likely N-dealkylation sites (tertiary alicyclic amines) is 1. The molecule has 1 fully saturated rings. The van der Waals surface area contributed by atoms with Crippen LogP contribution < -0.4 is 0 Å². The maximum atomic E-state index is 14.0. The molecule has 1 heterocycles. The zero-order valence-electron chi connectivity index (χ0n) is 12.2. The van der Waals surface area contributed by atoms with E-state index in [0.717, 1.165) is 29.2 Å². The molecule has 1 saturated heterocycles. The molecule has 1 unspecified atom stereocenters. The van der Waals surface area contributed by atoms with Gasteiger partial charge in [-0.3, -0.25) is 4.79 Å². The van der Waals surface area contributed by atoms with Crippen LogP contribution in [-0.4, -0.2) is 16.7 Å². The molecular formula is C17H12F5NO. The standard InChI is InChI=1S/C17H12F5NO/c18-16(19)14(12-6-8-13(9-7-12)17(20,21)22)23(15(16)24)10-11-4-2-1-3-5-11/h1-9,14H,10H2. The van der Waals surface area contributed by atoms with Gasteiger partial charge in [-0.25, -0.2) is 0 Å². The van der Waals surface area contributed by atoms with E-state index in [1.165, 1.54) is 0 Å². The van der Waals surface area contributed by atoms with Gasteiger partial charge in [0.2, 0.25) is 0 Å². The van der Waals surface area contributed by atoms with E-state index in [0.29, 0.717) is 5.56 Å². The predicted octanol–water partition coefficient (Wildman–Crippen LogP) is 4.42. The molecule has 2 nitrogen and oxygen atoms in total. The molecule has 1 atom stereocenters. The number of carbonyl (C=O) groups excluding carboxylic acids is 1. The van der Waals surface area contributed by atoms with Gasteiger partial charge in [0.25, 0.3) is 5.91 Å². The highest BCUT2D eigenvalue weighted by Gasteiger charge is 2.63. The van der Waals surface area contributed by atoms with Gasteiger partial charge < -0.3 is 4.90 Å². The molecule has 7 heteroatoms. The van der Waals surface area contributed by atoms with Crippen LogP contribution in [0.3, 0.4) is 0 Å². The van der Waals surface area contributed by atoms with E-state index >= 15 is 0 Å². The molecule has 0 bridgehead atoms. The van der Waals surface area contributed by atoms with Gasteiger partial charge in [-0.1, -0.05) is 42.5 Å². The van der Waals surface area contributed by atoms with Crippen molar-refractivity contribution < 1.29 is 26.7 Å². The third kappa shape index (κ3) is 2.74. The Labute approximate surface area is 134 Å². The summed E-state index contributed by atoms with van der Waals surface area (Å²) in [6.45, 7) is -0.0268. The van der Waals surface area contributed by atoms with Gasteiger partial charge in [0.15, 0.2) is 0 Å². The number of halogens is 5. The van der Waals surface area contributed by atoms with E-state index in [-0.39, 0.29) is 12.1 Å². The van der Waals surface area contributed by atoms with E-state index in [1.807, 2.05) is 0 Å². The number of amides is 1. The fourth-order valence-electron chi connectivity index (χ4n) is 2.74. The summed E-state index contributed by atoms with van der Waals surface area (Å²) in [5.74, 6) is -4.94. The molecular weight excluding hydrogens is 329 g/mol. The van der Waals surface area contributed by atoms with Crippen molar-refractivity contribution in [2.75, 3.05) is 0 Å². The van der Waals surface area contributed by atoms with Gasteiger partial charge in [0.05, 0.1) is 5.56 Å².